The van der Waals surface area contributed by atoms with E-state index in [1.54, 1.807) is 13.0 Å². The van der Waals surface area contributed by atoms with Gasteiger partial charge in [-0.2, -0.15) is 0 Å². The second-order valence-corrected chi connectivity index (χ2v) is 7.51. The quantitative estimate of drug-likeness (QED) is 0.270. The average molecular weight is 479 g/mol. The van der Waals surface area contributed by atoms with Crippen molar-refractivity contribution in [2.24, 2.45) is 15.5 Å². The highest BCUT2D eigenvalue weighted by molar-refractivity contribution is 6.71. The summed E-state index contributed by atoms with van der Waals surface area (Å²) in [4.78, 5) is 49.1. The lowest BCUT2D eigenvalue weighted by Crippen LogP contribution is -2.27. The Morgan fingerprint density at radius 1 is 0.771 bits per heavy atom. The molecule has 10 heteroatoms. The van der Waals surface area contributed by atoms with Gasteiger partial charge >= 0.3 is 17.9 Å². The summed E-state index contributed by atoms with van der Waals surface area (Å²) < 4.78 is 2.19. The molecule has 1 aromatic heterocycles. The third kappa shape index (κ3) is 5.78. The van der Waals surface area contributed by atoms with Crippen molar-refractivity contribution in [1.82, 2.24) is 4.57 Å². The van der Waals surface area contributed by atoms with Gasteiger partial charge in [-0.15, -0.1) is 0 Å². The van der Waals surface area contributed by atoms with E-state index in [1.807, 2.05) is 36.4 Å². The number of aryl methyl sites for hydroxylation is 1. The summed E-state index contributed by atoms with van der Waals surface area (Å²) in [6.07, 6.45) is 0.240. The fourth-order valence-electron chi connectivity index (χ4n) is 3.62. The summed E-state index contributed by atoms with van der Waals surface area (Å²) in [6, 6.07) is 13.6. The normalized spacial score (nSPS) is 12.7. The van der Waals surface area contributed by atoms with Crippen molar-refractivity contribution in [1.29, 1.82) is 0 Å². The first-order chi connectivity index (χ1) is 16.8. The van der Waals surface area contributed by atoms with Crippen LogP contribution in [0.15, 0.2) is 57.9 Å². The molecular weight excluding hydrogens is 452 g/mol. The van der Waals surface area contributed by atoms with Gasteiger partial charge in [0.15, 0.2) is 5.71 Å². The summed E-state index contributed by atoms with van der Waals surface area (Å²) in [5.41, 5.74) is 2.80. The largest absolute Gasteiger partial charge is 0.341 e. The molecule has 0 aliphatic carbocycles. The summed E-state index contributed by atoms with van der Waals surface area (Å²) >= 11 is 0. The fourth-order valence-corrected chi connectivity index (χ4v) is 3.62. The average Bonchev–Trinajstić information content (AvgIpc) is 3.14. The molecule has 0 unspecified atom stereocenters. The van der Waals surface area contributed by atoms with Crippen molar-refractivity contribution in [2.45, 2.75) is 47.6 Å². The number of para-hydroxylation sites is 1. The molecule has 182 valence electrons. The van der Waals surface area contributed by atoms with Crippen LogP contribution in [0.3, 0.4) is 0 Å². The summed E-state index contributed by atoms with van der Waals surface area (Å²) in [5.74, 6) is -1.98. The molecule has 0 saturated heterocycles. The molecule has 10 nitrogen and oxygen atoms in total. The van der Waals surface area contributed by atoms with Gasteiger partial charge in [-0.05, 0) is 31.5 Å². The lowest BCUT2D eigenvalue weighted by atomic mass is 9.99. The maximum atomic E-state index is 11.6. The van der Waals surface area contributed by atoms with Crippen molar-refractivity contribution >= 4 is 56.8 Å². The van der Waals surface area contributed by atoms with Crippen molar-refractivity contribution in [3.05, 3.63) is 48.0 Å². The summed E-state index contributed by atoms with van der Waals surface area (Å²) in [7, 11) is 0. The van der Waals surface area contributed by atoms with Gasteiger partial charge in [-0.1, -0.05) is 46.7 Å². The van der Waals surface area contributed by atoms with Gasteiger partial charge in [0.1, 0.15) is 11.4 Å². The minimum atomic E-state index is -0.682. The van der Waals surface area contributed by atoms with Crippen LogP contribution in [0.25, 0.3) is 21.8 Å². The number of hydrogen-bond donors (Lipinski definition) is 0. The van der Waals surface area contributed by atoms with Crippen molar-refractivity contribution < 1.29 is 28.9 Å². The molecule has 0 atom stereocenters. The van der Waals surface area contributed by atoms with E-state index in [4.69, 9.17) is 14.5 Å². The van der Waals surface area contributed by atoms with Crippen molar-refractivity contribution in [2.75, 3.05) is 0 Å². The van der Waals surface area contributed by atoms with Crippen LogP contribution in [0.5, 0.6) is 0 Å². The van der Waals surface area contributed by atoms with Crippen LogP contribution in [0.4, 0.5) is 0 Å². The first-order valence-corrected chi connectivity index (χ1v) is 11.0. The Bertz CT molecular complexity index is 1380. The van der Waals surface area contributed by atoms with E-state index in [0.717, 1.165) is 28.4 Å². The molecule has 0 fully saturated rings. The van der Waals surface area contributed by atoms with Crippen LogP contribution in [-0.4, -0.2) is 39.6 Å². The Hall–Kier alpha value is -4.34. The highest BCUT2D eigenvalue weighted by Crippen LogP contribution is 2.30. The standard InChI is InChI=1S/C25H26N4O6/c1-6-21(26-33-15(3)30)25(28-35-17(5)32)24(27-34-16(4)31)18-12-13-23-20(14-18)19-10-8-9-11-22(19)29(23)7-2/h8-14H,6-7H2,1-5H3/b26-21+,27-24+,28-25+. The van der Waals surface area contributed by atoms with E-state index in [-0.39, 0.29) is 23.6 Å². The van der Waals surface area contributed by atoms with Gasteiger partial charge in [0.25, 0.3) is 0 Å². The smallest absolute Gasteiger partial charge is 0.332 e. The molecule has 2 aromatic carbocycles. The third-order valence-corrected chi connectivity index (χ3v) is 5.01. The lowest BCUT2D eigenvalue weighted by Gasteiger charge is -2.11. The second-order valence-electron chi connectivity index (χ2n) is 7.51. The first kappa shape index (κ1) is 25.3. The highest BCUT2D eigenvalue weighted by atomic mass is 16.7. The number of fused-ring (bicyclic) bond motifs is 3. The van der Waals surface area contributed by atoms with Gasteiger partial charge in [0.05, 0.1) is 0 Å². The molecule has 0 N–H and O–H groups in total. The van der Waals surface area contributed by atoms with Crippen molar-refractivity contribution in [3.8, 4) is 0 Å². The van der Waals surface area contributed by atoms with E-state index in [1.165, 1.54) is 20.8 Å². The Balaban J connectivity index is 2.28. The number of rotatable bonds is 8. The molecule has 0 amide bonds. The number of hydrogen-bond acceptors (Lipinski definition) is 9. The highest BCUT2D eigenvalue weighted by Gasteiger charge is 2.23. The minimum Gasteiger partial charge on any atom is -0.341 e. The molecule has 0 radical (unpaired) electrons. The third-order valence-electron chi connectivity index (χ3n) is 5.01. The topological polar surface area (TPSA) is 121 Å². The molecule has 1 heterocycles. The molecule has 0 saturated carbocycles. The molecular formula is C25H26N4O6. The Kier molecular flexibility index (Phi) is 8.08. The zero-order valence-electron chi connectivity index (χ0n) is 20.2. The zero-order chi connectivity index (χ0) is 25.5. The molecule has 3 rings (SSSR count). The minimum absolute atomic E-state index is 0.0243. The van der Waals surface area contributed by atoms with E-state index < -0.39 is 17.9 Å². The van der Waals surface area contributed by atoms with Crippen LogP contribution in [0.2, 0.25) is 0 Å². The molecule has 35 heavy (non-hydrogen) atoms. The number of aromatic nitrogens is 1. The maximum absolute atomic E-state index is 11.6. The summed E-state index contributed by atoms with van der Waals surface area (Å²) in [6.45, 7) is 8.17. The number of carbonyl (C=O) groups excluding carboxylic acids is 3. The van der Waals surface area contributed by atoms with Crippen molar-refractivity contribution in [3.63, 3.8) is 0 Å². The fraction of sp³-hybridized carbons (Fsp3) is 0.280. The number of carbonyl (C=O) groups is 3. The number of oxime groups is 3. The van der Waals surface area contributed by atoms with E-state index in [9.17, 15) is 14.4 Å². The van der Waals surface area contributed by atoms with Crippen LogP contribution in [0.1, 0.15) is 46.6 Å². The Morgan fingerprint density at radius 2 is 1.37 bits per heavy atom. The van der Waals surface area contributed by atoms with E-state index in [0.29, 0.717) is 5.56 Å². The monoisotopic (exact) mass is 478 g/mol. The van der Waals surface area contributed by atoms with E-state index >= 15 is 0 Å². The van der Waals surface area contributed by atoms with Gasteiger partial charge < -0.3 is 19.1 Å². The van der Waals surface area contributed by atoms with Crippen LogP contribution in [-0.2, 0) is 35.4 Å². The summed E-state index contributed by atoms with van der Waals surface area (Å²) in [5, 5.41) is 13.7. The zero-order valence-corrected chi connectivity index (χ0v) is 20.2. The molecule has 0 bridgehead atoms. The molecule has 0 aliphatic heterocycles. The van der Waals surface area contributed by atoms with E-state index in [2.05, 4.69) is 27.0 Å². The first-order valence-electron chi connectivity index (χ1n) is 11.0. The lowest BCUT2D eigenvalue weighted by molar-refractivity contribution is -0.142. The molecule has 0 aliphatic rings. The molecule has 0 spiro atoms. The molecule has 3 aromatic rings. The van der Waals surface area contributed by atoms with Gasteiger partial charge in [0, 0.05) is 54.7 Å². The number of nitrogens with zero attached hydrogens (tertiary/aromatic N) is 4. The maximum Gasteiger partial charge on any atom is 0.332 e. The predicted octanol–water partition coefficient (Wildman–Crippen LogP) is 4.33. The van der Waals surface area contributed by atoms with Crippen LogP contribution >= 0.6 is 0 Å². The SMILES string of the molecule is CCC(=N\OC(C)=O)/C(=N\OC(C)=O)C(=N/OC(C)=O)/c1ccc2c(c1)c1ccccc1n2CC. The van der Waals surface area contributed by atoms with Crippen LogP contribution in [0, 0.1) is 0 Å². The Morgan fingerprint density at radius 3 is 2.00 bits per heavy atom. The van der Waals surface area contributed by atoms with Gasteiger partial charge in [-0.25, -0.2) is 14.4 Å². The van der Waals surface area contributed by atoms with Crippen LogP contribution < -0.4 is 0 Å². The number of benzene rings is 2. The second kappa shape index (κ2) is 11.2. The Labute approximate surface area is 201 Å². The van der Waals surface area contributed by atoms with Gasteiger partial charge in [0.2, 0.25) is 0 Å². The van der Waals surface area contributed by atoms with Gasteiger partial charge in [-0.3, -0.25) is 0 Å². The predicted molar refractivity (Wildman–Crippen MR) is 132 cm³/mol.